The highest BCUT2D eigenvalue weighted by atomic mass is 32.2. The van der Waals surface area contributed by atoms with Crippen LogP contribution in [0.3, 0.4) is 0 Å². The van der Waals surface area contributed by atoms with E-state index in [1.54, 1.807) is 0 Å². The fourth-order valence-electron chi connectivity index (χ4n) is 1.49. The van der Waals surface area contributed by atoms with Gasteiger partial charge in [-0.3, -0.25) is 4.79 Å². The second-order valence-electron chi connectivity index (χ2n) is 3.78. The maximum atomic E-state index is 11.1. The number of carbonyl (C=O) groups excluding carboxylic acids is 1. The van der Waals surface area contributed by atoms with Gasteiger partial charge in [-0.1, -0.05) is 24.6 Å². The number of thioether (sulfide) groups is 1. The van der Waals surface area contributed by atoms with Crippen LogP contribution in [0.15, 0.2) is 35.2 Å². The van der Waals surface area contributed by atoms with Crippen LogP contribution in [-0.4, -0.2) is 18.3 Å². The highest BCUT2D eigenvalue weighted by Crippen LogP contribution is 2.18. The van der Waals surface area contributed by atoms with E-state index in [4.69, 9.17) is 4.74 Å². The summed E-state index contributed by atoms with van der Waals surface area (Å²) in [5.74, 6) is 1.05. The summed E-state index contributed by atoms with van der Waals surface area (Å²) in [7, 11) is 0. The molecule has 0 heterocycles. The molecule has 0 aromatic heterocycles. The summed E-state index contributed by atoms with van der Waals surface area (Å²) >= 11 is 1.87. The van der Waals surface area contributed by atoms with Gasteiger partial charge < -0.3 is 4.74 Å². The summed E-state index contributed by atoms with van der Waals surface area (Å²) < 4.78 is 4.87. The lowest BCUT2D eigenvalue weighted by atomic mass is 10.2. The first-order valence-electron chi connectivity index (χ1n) is 6.16. The van der Waals surface area contributed by atoms with E-state index in [-0.39, 0.29) is 5.97 Å². The fourth-order valence-corrected chi connectivity index (χ4v) is 2.42. The third-order valence-electron chi connectivity index (χ3n) is 2.34. The molecule has 0 aliphatic heterocycles. The monoisotopic (exact) mass is 252 g/mol. The van der Waals surface area contributed by atoms with Crippen molar-refractivity contribution in [3.05, 3.63) is 30.3 Å². The van der Waals surface area contributed by atoms with Gasteiger partial charge in [0.1, 0.15) is 0 Å². The van der Waals surface area contributed by atoms with E-state index in [0.29, 0.717) is 13.0 Å². The van der Waals surface area contributed by atoms with Crippen LogP contribution < -0.4 is 0 Å². The molecule has 17 heavy (non-hydrogen) atoms. The lowest BCUT2D eigenvalue weighted by molar-refractivity contribution is -0.143. The molecule has 0 saturated carbocycles. The molecule has 3 heteroatoms. The van der Waals surface area contributed by atoms with Gasteiger partial charge >= 0.3 is 5.97 Å². The minimum Gasteiger partial charge on any atom is -0.466 e. The molecular weight excluding hydrogens is 232 g/mol. The number of benzene rings is 1. The third-order valence-corrected chi connectivity index (χ3v) is 3.44. The average Bonchev–Trinajstić information content (AvgIpc) is 2.35. The molecule has 0 amide bonds. The molecule has 94 valence electrons. The average molecular weight is 252 g/mol. The predicted molar refractivity (Wildman–Crippen MR) is 72.3 cm³/mol. The number of hydrogen-bond donors (Lipinski definition) is 0. The van der Waals surface area contributed by atoms with Gasteiger partial charge in [0, 0.05) is 11.3 Å². The smallest absolute Gasteiger partial charge is 0.305 e. The van der Waals surface area contributed by atoms with Crippen LogP contribution in [0.5, 0.6) is 0 Å². The number of esters is 1. The van der Waals surface area contributed by atoms with Crippen molar-refractivity contribution in [2.75, 3.05) is 12.4 Å². The highest BCUT2D eigenvalue weighted by Gasteiger charge is 2.00. The zero-order chi connectivity index (χ0) is 12.3. The Morgan fingerprint density at radius 3 is 2.65 bits per heavy atom. The first-order valence-corrected chi connectivity index (χ1v) is 7.15. The zero-order valence-electron chi connectivity index (χ0n) is 10.4. The van der Waals surface area contributed by atoms with Gasteiger partial charge in [0.15, 0.2) is 0 Å². The third kappa shape index (κ3) is 7.05. The molecule has 0 atom stereocenters. The van der Waals surface area contributed by atoms with Crippen LogP contribution in [0.25, 0.3) is 0 Å². The molecule has 1 aromatic rings. The molecule has 0 fully saturated rings. The van der Waals surface area contributed by atoms with Gasteiger partial charge in [-0.2, -0.15) is 0 Å². The van der Waals surface area contributed by atoms with E-state index < -0.39 is 0 Å². The van der Waals surface area contributed by atoms with E-state index in [9.17, 15) is 4.79 Å². The van der Waals surface area contributed by atoms with E-state index in [0.717, 1.165) is 25.0 Å². The summed E-state index contributed by atoms with van der Waals surface area (Å²) in [6, 6.07) is 10.4. The van der Waals surface area contributed by atoms with Crippen molar-refractivity contribution in [2.45, 2.75) is 37.5 Å². The topological polar surface area (TPSA) is 26.3 Å². The molecule has 1 rings (SSSR count). The second-order valence-corrected chi connectivity index (χ2v) is 4.95. The minimum atomic E-state index is -0.0665. The van der Waals surface area contributed by atoms with Gasteiger partial charge in [0.25, 0.3) is 0 Å². The van der Waals surface area contributed by atoms with Gasteiger partial charge in [0.2, 0.25) is 0 Å². The van der Waals surface area contributed by atoms with E-state index in [1.165, 1.54) is 4.90 Å². The number of hydrogen-bond acceptors (Lipinski definition) is 3. The summed E-state index contributed by atoms with van der Waals surface area (Å²) in [6.07, 6.45) is 3.75. The summed E-state index contributed by atoms with van der Waals surface area (Å²) in [6.45, 7) is 2.33. The molecule has 0 saturated heterocycles. The van der Waals surface area contributed by atoms with Crippen LogP contribution in [0, 0.1) is 0 Å². The predicted octanol–water partition coefficient (Wildman–Crippen LogP) is 3.90. The SMILES string of the molecule is CCOC(=O)CCCCCSc1ccccc1. The molecule has 1 aromatic carbocycles. The molecule has 0 unspecified atom stereocenters. The van der Waals surface area contributed by atoms with E-state index in [2.05, 4.69) is 24.3 Å². The van der Waals surface area contributed by atoms with Gasteiger partial charge in [-0.25, -0.2) is 0 Å². The number of unbranched alkanes of at least 4 members (excludes halogenated alkanes) is 2. The number of rotatable bonds is 8. The van der Waals surface area contributed by atoms with Crippen molar-refractivity contribution in [1.82, 2.24) is 0 Å². The Morgan fingerprint density at radius 1 is 1.18 bits per heavy atom. The standard InChI is InChI=1S/C14H20O2S/c1-2-16-14(15)11-7-4-8-12-17-13-9-5-3-6-10-13/h3,5-6,9-10H,2,4,7-8,11-12H2,1H3. The van der Waals surface area contributed by atoms with Gasteiger partial charge in [0.05, 0.1) is 6.61 Å². The zero-order valence-corrected chi connectivity index (χ0v) is 11.2. The molecule has 0 spiro atoms. The molecular formula is C14H20O2S. The largest absolute Gasteiger partial charge is 0.466 e. The molecule has 0 N–H and O–H groups in total. The maximum absolute atomic E-state index is 11.1. The van der Waals surface area contributed by atoms with Crippen LogP contribution in [0.2, 0.25) is 0 Å². The fraction of sp³-hybridized carbons (Fsp3) is 0.500. The van der Waals surface area contributed by atoms with Crippen molar-refractivity contribution in [1.29, 1.82) is 0 Å². The van der Waals surface area contributed by atoms with Crippen LogP contribution >= 0.6 is 11.8 Å². The van der Waals surface area contributed by atoms with Gasteiger partial charge in [-0.05, 0) is 37.7 Å². The van der Waals surface area contributed by atoms with Crippen molar-refractivity contribution in [3.63, 3.8) is 0 Å². The Morgan fingerprint density at radius 2 is 1.94 bits per heavy atom. The first kappa shape index (κ1) is 14.1. The normalized spacial score (nSPS) is 10.2. The highest BCUT2D eigenvalue weighted by molar-refractivity contribution is 7.99. The van der Waals surface area contributed by atoms with Crippen molar-refractivity contribution in [3.8, 4) is 0 Å². The number of ether oxygens (including phenoxy) is 1. The minimum absolute atomic E-state index is 0.0665. The summed E-state index contributed by atoms with van der Waals surface area (Å²) in [4.78, 5) is 12.4. The Kier molecular flexibility index (Phi) is 7.56. The summed E-state index contributed by atoms with van der Waals surface area (Å²) in [5.41, 5.74) is 0. The van der Waals surface area contributed by atoms with Crippen LogP contribution in [0.4, 0.5) is 0 Å². The van der Waals surface area contributed by atoms with Gasteiger partial charge in [-0.15, -0.1) is 11.8 Å². The molecule has 0 radical (unpaired) electrons. The lowest BCUT2D eigenvalue weighted by Crippen LogP contribution is -2.03. The lowest BCUT2D eigenvalue weighted by Gasteiger charge is -2.02. The maximum Gasteiger partial charge on any atom is 0.305 e. The molecule has 0 aliphatic rings. The van der Waals surface area contributed by atoms with Crippen molar-refractivity contribution < 1.29 is 9.53 Å². The molecule has 2 nitrogen and oxygen atoms in total. The van der Waals surface area contributed by atoms with Crippen LogP contribution in [-0.2, 0) is 9.53 Å². The van der Waals surface area contributed by atoms with Crippen molar-refractivity contribution >= 4 is 17.7 Å². The van der Waals surface area contributed by atoms with Crippen LogP contribution in [0.1, 0.15) is 32.6 Å². The van der Waals surface area contributed by atoms with E-state index in [1.807, 2.05) is 24.8 Å². The van der Waals surface area contributed by atoms with Crippen molar-refractivity contribution in [2.24, 2.45) is 0 Å². The Hall–Kier alpha value is -0.960. The Labute approximate surface area is 108 Å². The van der Waals surface area contributed by atoms with E-state index >= 15 is 0 Å². The molecule has 0 aliphatic carbocycles. The Bertz CT molecular complexity index is 311. The Balaban J connectivity index is 1.96. The summed E-state index contributed by atoms with van der Waals surface area (Å²) in [5, 5.41) is 0. The first-order chi connectivity index (χ1) is 8.33. The molecule has 0 bridgehead atoms. The number of carbonyl (C=O) groups is 1. The quantitative estimate of drug-likeness (QED) is 0.399. The second kappa shape index (κ2) is 9.11.